The van der Waals surface area contributed by atoms with Crippen molar-refractivity contribution < 1.29 is 23.8 Å². The van der Waals surface area contributed by atoms with E-state index in [-0.39, 0.29) is 23.4 Å². The maximum absolute atomic E-state index is 14.8. The van der Waals surface area contributed by atoms with Crippen LogP contribution in [0.1, 0.15) is 43.0 Å². The molecule has 3 aromatic carbocycles. The van der Waals surface area contributed by atoms with Gasteiger partial charge in [-0.05, 0) is 84.2 Å². The number of anilines is 2. The van der Waals surface area contributed by atoms with Crippen molar-refractivity contribution in [3.8, 4) is 11.1 Å². The van der Waals surface area contributed by atoms with Gasteiger partial charge in [0.2, 0.25) is 5.91 Å². The fourth-order valence-corrected chi connectivity index (χ4v) is 6.13. The summed E-state index contributed by atoms with van der Waals surface area (Å²) in [7, 11) is 5.25. The summed E-state index contributed by atoms with van der Waals surface area (Å²) in [5, 5.41) is 11.6. The zero-order valence-corrected chi connectivity index (χ0v) is 23.1. The number of aliphatic hydroxyl groups is 1. The van der Waals surface area contributed by atoms with Crippen molar-refractivity contribution in [1.82, 2.24) is 0 Å². The molecule has 0 saturated heterocycles. The first-order chi connectivity index (χ1) is 19.2. The molecule has 2 aliphatic rings. The normalized spacial score (nSPS) is 20.5. The smallest absolute Gasteiger partial charge is 0.330 e. The topological polar surface area (TPSA) is 70.1 Å². The molecule has 2 aliphatic carbocycles. The van der Waals surface area contributed by atoms with E-state index in [4.69, 9.17) is 0 Å². The minimum absolute atomic E-state index is 0.198. The first kappa shape index (κ1) is 27.6. The molecule has 3 aromatic rings. The highest BCUT2D eigenvalue weighted by Crippen LogP contribution is 2.49. The Bertz CT molecular complexity index is 1400. The van der Waals surface area contributed by atoms with Gasteiger partial charge in [-0.2, -0.15) is 0 Å². The lowest BCUT2D eigenvalue weighted by Crippen LogP contribution is -2.41. The zero-order chi connectivity index (χ0) is 28.4. The van der Waals surface area contributed by atoms with Crippen LogP contribution in [0.15, 0.2) is 72.8 Å². The Morgan fingerprint density at radius 1 is 0.950 bits per heavy atom. The Hall–Kier alpha value is -3.97. The van der Waals surface area contributed by atoms with E-state index in [1.165, 1.54) is 36.3 Å². The molecule has 1 N–H and O–H groups in total. The molecule has 6 nitrogen and oxygen atoms in total. The summed E-state index contributed by atoms with van der Waals surface area (Å²) >= 11 is 0. The first-order valence-electron chi connectivity index (χ1n) is 13.7. The number of amides is 1. The number of methoxy groups -OCH3 is 1. The van der Waals surface area contributed by atoms with E-state index in [0.29, 0.717) is 17.0 Å². The van der Waals surface area contributed by atoms with Gasteiger partial charge in [0.15, 0.2) is 6.23 Å². The highest BCUT2D eigenvalue weighted by molar-refractivity contribution is 5.96. The molecule has 0 spiro atoms. The predicted octanol–water partition coefficient (Wildman–Crippen LogP) is 6.21. The van der Waals surface area contributed by atoms with Crippen LogP contribution in [0.3, 0.4) is 0 Å². The molecule has 0 heterocycles. The molecule has 7 heteroatoms. The van der Waals surface area contributed by atoms with Gasteiger partial charge in [0.25, 0.3) is 0 Å². The van der Waals surface area contributed by atoms with Gasteiger partial charge in [0.05, 0.1) is 12.8 Å². The molecule has 2 saturated carbocycles. The Morgan fingerprint density at radius 2 is 1.62 bits per heavy atom. The summed E-state index contributed by atoms with van der Waals surface area (Å²) in [6, 6.07) is 19.8. The molecule has 0 aromatic heterocycles. The quantitative estimate of drug-likeness (QED) is 0.208. The second-order valence-corrected chi connectivity index (χ2v) is 11.0. The summed E-state index contributed by atoms with van der Waals surface area (Å²) in [5.74, 6) is -0.737. The number of carbonyl (C=O) groups is 2. The molecule has 2 fully saturated rings. The van der Waals surface area contributed by atoms with Gasteiger partial charge in [0.1, 0.15) is 5.82 Å². The molecule has 4 unspecified atom stereocenters. The van der Waals surface area contributed by atoms with E-state index in [2.05, 4.69) is 4.74 Å². The average Bonchev–Trinajstić information content (AvgIpc) is 3.60. The van der Waals surface area contributed by atoms with Gasteiger partial charge >= 0.3 is 5.97 Å². The summed E-state index contributed by atoms with van der Waals surface area (Å²) in [6.07, 6.45) is 5.27. The van der Waals surface area contributed by atoms with Crippen LogP contribution >= 0.6 is 0 Å². The largest absolute Gasteiger partial charge is 0.466 e. The second-order valence-electron chi connectivity index (χ2n) is 11.0. The predicted molar refractivity (Wildman–Crippen MR) is 155 cm³/mol. The lowest BCUT2D eigenvalue weighted by atomic mass is 9.87. The monoisotopic (exact) mass is 542 g/mol. The molecule has 4 atom stereocenters. The van der Waals surface area contributed by atoms with Crippen molar-refractivity contribution in [3.63, 3.8) is 0 Å². The fraction of sp³-hybridized carbons (Fsp3) is 0.333. The zero-order valence-electron chi connectivity index (χ0n) is 23.1. The van der Waals surface area contributed by atoms with Gasteiger partial charge < -0.3 is 14.7 Å². The third-order valence-corrected chi connectivity index (χ3v) is 8.26. The highest BCUT2D eigenvalue weighted by atomic mass is 19.1. The van der Waals surface area contributed by atoms with E-state index in [0.717, 1.165) is 42.5 Å². The van der Waals surface area contributed by atoms with E-state index in [1.54, 1.807) is 18.2 Å². The van der Waals surface area contributed by atoms with Crippen molar-refractivity contribution in [1.29, 1.82) is 0 Å². The van der Waals surface area contributed by atoms with Crippen LogP contribution < -0.4 is 9.80 Å². The molecule has 0 radical (unpaired) electrons. The van der Waals surface area contributed by atoms with Crippen LogP contribution in [0.4, 0.5) is 15.8 Å². The Kier molecular flexibility index (Phi) is 8.03. The fourth-order valence-electron chi connectivity index (χ4n) is 6.13. The third-order valence-electron chi connectivity index (χ3n) is 8.26. The first-order valence-corrected chi connectivity index (χ1v) is 13.7. The van der Waals surface area contributed by atoms with Gasteiger partial charge in [0, 0.05) is 37.3 Å². The number of halogens is 1. The number of fused-ring (bicyclic) bond motifs is 2. The Morgan fingerprint density at radius 3 is 2.20 bits per heavy atom. The average molecular weight is 543 g/mol. The van der Waals surface area contributed by atoms with Crippen molar-refractivity contribution >= 4 is 29.3 Å². The number of rotatable bonds is 8. The van der Waals surface area contributed by atoms with E-state index >= 15 is 0 Å². The molecule has 0 aliphatic heterocycles. The maximum Gasteiger partial charge on any atom is 0.330 e. The third kappa shape index (κ3) is 5.80. The van der Waals surface area contributed by atoms with Gasteiger partial charge in [-0.15, -0.1) is 0 Å². The number of hydrogen-bond donors (Lipinski definition) is 1. The minimum Gasteiger partial charge on any atom is -0.466 e. The van der Waals surface area contributed by atoms with Gasteiger partial charge in [-0.1, -0.05) is 42.8 Å². The molecule has 40 heavy (non-hydrogen) atoms. The number of nitrogens with zero attached hydrogens (tertiary/aromatic N) is 2. The van der Waals surface area contributed by atoms with Gasteiger partial charge in [-0.25, -0.2) is 9.18 Å². The van der Waals surface area contributed by atoms with Crippen LogP contribution in [0.5, 0.6) is 0 Å². The molecular formula is C33H35FN2O4. The van der Waals surface area contributed by atoms with Crippen LogP contribution in [0, 0.1) is 23.6 Å². The molecule has 2 bridgehead atoms. The standard InChI is InChI=1S/C33H35FN2O4/c1-35(2)28-13-11-24(12-14-28)23-7-9-25(10-8-23)32(38)36(33(39)30-19-21-4-6-26(30)16-21)29-18-22(17-27(34)20-29)5-15-31(37)40-3/h5,7-15,17-18,20-21,26,30,32,38H,4,6,16,19H2,1-3H3. The number of carbonyl (C=O) groups excluding carboxylic acids is 2. The molecule has 208 valence electrons. The van der Waals surface area contributed by atoms with E-state index in [9.17, 15) is 19.1 Å². The number of aliphatic hydroxyl groups excluding tert-OH is 1. The lowest BCUT2D eigenvalue weighted by molar-refractivity contribution is -0.134. The molecule has 5 rings (SSSR count). The van der Waals surface area contributed by atoms with Crippen molar-refractivity contribution in [2.75, 3.05) is 31.0 Å². The maximum atomic E-state index is 14.8. The minimum atomic E-state index is -1.31. The molecular weight excluding hydrogens is 507 g/mol. The van der Waals surface area contributed by atoms with Crippen molar-refractivity contribution in [2.45, 2.75) is 31.9 Å². The molecule has 1 amide bonds. The summed E-state index contributed by atoms with van der Waals surface area (Å²) in [5.41, 5.74) is 4.27. The number of hydrogen-bond acceptors (Lipinski definition) is 5. The van der Waals surface area contributed by atoms with Crippen LogP contribution in [-0.2, 0) is 14.3 Å². The van der Waals surface area contributed by atoms with E-state index < -0.39 is 18.0 Å². The number of ether oxygens (including phenoxy) is 1. The van der Waals surface area contributed by atoms with E-state index in [1.807, 2.05) is 55.4 Å². The van der Waals surface area contributed by atoms with Crippen LogP contribution in [-0.4, -0.2) is 38.2 Å². The van der Waals surface area contributed by atoms with Gasteiger partial charge in [-0.3, -0.25) is 9.69 Å². The summed E-state index contributed by atoms with van der Waals surface area (Å²) in [4.78, 5) is 29.0. The van der Waals surface area contributed by atoms with Crippen LogP contribution in [0.25, 0.3) is 17.2 Å². The number of esters is 1. The van der Waals surface area contributed by atoms with Crippen molar-refractivity contribution in [3.05, 3.63) is 89.8 Å². The van der Waals surface area contributed by atoms with Crippen LogP contribution in [0.2, 0.25) is 0 Å². The Balaban J connectivity index is 1.47. The number of benzene rings is 3. The lowest BCUT2D eigenvalue weighted by Gasteiger charge is -2.33. The second kappa shape index (κ2) is 11.6. The SMILES string of the molecule is COC(=O)C=Cc1cc(F)cc(N(C(=O)C2CC3CCC2C3)C(O)c2ccc(-c3ccc(N(C)C)cc3)cc2)c1. The Labute approximate surface area is 234 Å². The summed E-state index contributed by atoms with van der Waals surface area (Å²) < 4.78 is 19.4. The van der Waals surface area contributed by atoms with Crippen molar-refractivity contribution in [2.24, 2.45) is 17.8 Å². The highest BCUT2D eigenvalue weighted by Gasteiger charge is 2.45. The summed E-state index contributed by atoms with van der Waals surface area (Å²) in [6.45, 7) is 0.